The first kappa shape index (κ1) is 16.5. The number of methoxy groups -OCH3 is 1. The summed E-state index contributed by atoms with van der Waals surface area (Å²) in [6, 6.07) is 6.83. The van der Waals surface area contributed by atoms with Crippen LogP contribution in [0, 0.1) is 0 Å². The average Bonchev–Trinajstić information content (AvgIpc) is 2.53. The fourth-order valence-electron chi connectivity index (χ4n) is 2.55. The molecule has 0 saturated carbocycles. The van der Waals surface area contributed by atoms with Gasteiger partial charge in [0.2, 0.25) is 5.91 Å². The number of fused-ring (bicyclic) bond motifs is 1. The van der Waals surface area contributed by atoms with E-state index in [1.54, 1.807) is 7.11 Å². The molecule has 0 fully saturated rings. The van der Waals surface area contributed by atoms with E-state index < -0.39 is 12.0 Å². The van der Waals surface area contributed by atoms with E-state index in [2.05, 4.69) is 0 Å². The van der Waals surface area contributed by atoms with E-state index >= 15 is 0 Å². The molecular weight excluding hydrogens is 286 g/mol. The van der Waals surface area contributed by atoms with Crippen molar-refractivity contribution in [3.63, 3.8) is 0 Å². The van der Waals surface area contributed by atoms with Gasteiger partial charge in [0.15, 0.2) is 0 Å². The highest BCUT2D eigenvalue weighted by Crippen LogP contribution is 2.24. The van der Waals surface area contributed by atoms with Crippen LogP contribution in [0.3, 0.4) is 0 Å². The fraction of sp³-hybridized carbons (Fsp3) is 0.500. The predicted octanol–water partition coefficient (Wildman–Crippen LogP) is 1.08. The van der Waals surface area contributed by atoms with Crippen molar-refractivity contribution in [2.45, 2.75) is 25.4 Å². The van der Waals surface area contributed by atoms with Crippen molar-refractivity contribution >= 4 is 11.9 Å². The minimum Gasteiger partial charge on any atom is -0.480 e. The quantitative estimate of drug-likeness (QED) is 0.763. The lowest BCUT2D eigenvalue weighted by molar-refractivity contribution is -0.151. The zero-order valence-corrected chi connectivity index (χ0v) is 12.7. The smallest absolute Gasteiger partial charge is 0.326 e. The molecule has 1 amide bonds. The Morgan fingerprint density at radius 3 is 2.64 bits per heavy atom. The highest BCUT2D eigenvalue weighted by molar-refractivity contribution is 5.84. The molecule has 2 rings (SSSR count). The zero-order chi connectivity index (χ0) is 15.9. The third kappa shape index (κ3) is 4.05. The summed E-state index contributed by atoms with van der Waals surface area (Å²) in [5, 5.41) is 9.38. The number of hydrogen-bond acceptors (Lipinski definition) is 4. The van der Waals surface area contributed by atoms with E-state index in [1.807, 2.05) is 24.3 Å². The van der Waals surface area contributed by atoms with Gasteiger partial charge in [0, 0.05) is 20.1 Å². The SMILES string of the molecule is COCCOCCC(=O)N1Cc2ccccc2CC1C(=O)O. The first-order valence-corrected chi connectivity index (χ1v) is 7.29. The Labute approximate surface area is 129 Å². The number of ether oxygens (including phenoxy) is 2. The van der Waals surface area contributed by atoms with Crippen molar-refractivity contribution in [2.75, 3.05) is 26.9 Å². The average molecular weight is 307 g/mol. The molecule has 1 atom stereocenters. The van der Waals surface area contributed by atoms with Crippen LogP contribution < -0.4 is 0 Å². The number of benzene rings is 1. The lowest BCUT2D eigenvalue weighted by Gasteiger charge is -2.34. The van der Waals surface area contributed by atoms with Crippen LogP contribution in [-0.2, 0) is 32.0 Å². The maximum Gasteiger partial charge on any atom is 0.326 e. The number of rotatable bonds is 7. The molecule has 1 aromatic carbocycles. The van der Waals surface area contributed by atoms with Crippen LogP contribution in [-0.4, -0.2) is 54.9 Å². The van der Waals surface area contributed by atoms with Gasteiger partial charge in [-0.05, 0) is 11.1 Å². The van der Waals surface area contributed by atoms with Gasteiger partial charge < -0.3 is 19.5 Å². The summed E-state index contributed by atoms with van der Waals surface area (Å²) in [6.45, 7) is 1.51. The van der Waals surface area contributed by atoms with Gasteiger partial charge in [-0.1, -0.05) is 24.3 Å². The molecule has 22 heavy (non-hydrogen) atoms. The number of carboxylic acids is 1. The third-order valence-electron chi connectivity index (χ3n) is 3.75. The minimum atomic E-state index is -0.969. The van der Waals surface area contributed by atoms with Gasteiger partial charge in [-0.15, -0.1) is 0 Å². The monoisotopic (exact) mass is 307 g/mol. The van der Waals surface area contributed by atoms with Crippen LogP contribution in [0.25, 0.3) is 0 Å². The fourth-order valence-corrected chi connectivity index (χ4v) is 2.55. The molecule has 6 heteroatoms. The summed E-state index contributed by atoms with van der Waals surface area (Å²) in [6.07, 6.45) is 0.525. The first-order valence-electron chi connectivity index (χ1n) is 7.29. The van der Waals surface area contributed by atoms with E-state index in [1.165, 1.54) is 4.90 Å². The third-order valence-corrected chi connectivity index (χ3v) is 3.75. The highest BCUT2D eigenvalue weighted by atomic mass is 16.5. The van der Waals surface area contributed by atoms with Gasteiger partial charge in [0.25, 0.3) is 0 Å². The summed E-state index contributed by atoms with van der Waals surface area (Å²) >= 11 is 0. The minimum absolute atomic E-state index is 0.176. The van der Waals surface area contributed by atoms with Crippen LogP contribution in [0.1, 0.15) is 17.5 Å². The number of nitrogens with zero attached hydrogens (tertiary/aromatic N) is 1. The molecule has 0 radical (unpaired) electrons. The normalized spacial score (nSPS) is 17.1. The zero-order valence-electron chi connectivity index (χ0n) is 12.7. The molecule has 120 valence electrons. The Kier molecular flexibility index (Phi) is 5.91. The molecule has 1 aliphatic heterocycles. The molecule has 0 aliphatic carbocycles. The summed E-state index contributed by atoms with van der Waals surface area (Å²) < 4.78 is 10.1. The molecule has 0 saturated heterocycles. The molecule has 0 bridgehead atoms. The topological polar surface area (TPSA) is 76.1 Å². The van der Waals surface area contributed by atoms with Crippen molar-refractivity contribution < 1.29 is 24.2 Å². The van der Waals surface area contributed by atoms with E-state index in [-0.39, 0.29) is 18.9 Å². The number of hydrogen-bond donors (Lipinski definition) is 1. The summed E-state index contributed by atoms with van der Waals surface area (Å²) in [5.41, 5.74) is 2.00. The highest BCUT2D eigenvalue weighted by Gasteiger charge is 2.33. The Hall–Kier alpha value is -1.92. The second-order valence-electron chi connectivity index (χ2n) is 5.20. The molecule has 1 aliphatic rings. The Morgan fingerprint density at radius 2 is 1.95 bits per heavy atom. The molecular formula is C16H21NO5. The maximum absolute atomic E-state index is 12.3. The van der Waals surface area contributed by atoms with Crippen molar-refractivity contribution in [1.82, 2.24) is 4.90 Å². The van der Waals surface area contributed by atoms with Crippen LogP contribution in [0.2, 0.25) is 0 Å². The standard InChI is InChI=1S/C16H21NO5/c1-21-8-9-22-7-6-15(18)17-11-13-5-3-2-4-12(13)10-14(17)16(19)20/h2-5,14H,6-11H2,1H3,(H,19,20). The molecule has 1 aromatic rings. The number of aliphatic carboxylic acids is 1. The molecule has 1 unspecified atom stereocenters. The molecule has 6 nitrogen and oxygen atoms in total. The van der Waals surface area contributed by atoms with Gasteiger partial charge in [0.05, 0.1) is 26.2 Å². The largest absolute Gasteiger partial charge is 0.480 e. The van der Waals surface area contributed by atoms with Crippen LogP contribution >= 0.6 is 0 Å². The molecule has 0 spiro atoms. The van der Waals surface area contributed by atoms with Crippen LogP contribution in [0.15, 0.2) is 24.3 Å². The molecule has 1 heterocycles. The predicted molar refractivity (Wildman–Crippen MR) is 79.4 cm³/mol. The van der Waals surface area contributed by atoms with E-state index in [4.69, 9.17) is 9.47 Å². The van der Waals surface area contributed by atoms with Crippen LogP contribution in [0.5, 0.6) is 0 Å². The van der Waals surface area contributed by atoms with Gasteiger partial charge in [-0.25, -0.2) is 4.79 Å². The van der Waals surface area contributed by atoms with E-state index in [9.17, 15) is 14.7 Å². The summed E-state index contributed by atoms with van der Waals surface area (Å²) in [5.74, 6) is -1.16. The number of amides is 1. The Bertz CT molecular complexity index is 531. The Balaban J connectivity index is 1.98. The van der Waals surface area contributed by atoms with Gasteiger partial charge in [0.1, 0.15) is 6.04 Å². The number of carbonyl (C=O) groups excluding carboxylic acids is 1. The second kappa shape index (κ2) is 7.91. The van der Waals surface area contributed by atoms with Gasteiger partial charge >= 0.3 is 5.97 Å². The second-order valence-corrected chi connectivity index (χ2v) is 5.20. The van der Waals surface area contributed by atoms with Crippen molar-refractivity contribution in [2.24, 2.45) is 0 Å². The molecule has 0 aromatic heterocycles. The van der Waals surface area contributed by atoms with Crippen molar-refractivity contribution in [1.29, 1.82) is 0 Å². The van der Waals surface area contributed by atoms with Gasteiger partial charge in [-0.3, -0.25) is 4.79 Å². The summed E-state index contributed by atoms with van der Waals surface area (Å²) in [4.78, 5) is 25.2. The first-order chi connectivity index (χ1) is 10.6. The van der Waals surface area contributed by atoms with Crippen LogP contribution in [0.4, 0.5) is 0 Å². The van der Waals surface area contributed by atoms with Crippen molar-refractivity contribution in [3.05, 3.63) is 35.4 Å². The van der Waals surface area contributed by atoms with Gasteiger partial charge in [-0.2, -0.15) is 0 Å². The van der Waals surface area contributed by atoms with E-state index in [0.717, 1.165) is 11.1 Å². The van der Waals surface area contributed by atoms with E-state index in [0.29, 0.717) is 26.2 Å². The maximum atomic E-state index is 12.3. The van der Waals surface area contributed by atoms with Crippen molar-refractivity contribution in [3.8, 4) is 0 Å². The number of carboxylic acid groups (broad SMARTS) is 1. The molecule has 1 N–H and O–H groups in total. The Morgan fingerprint density at radius 1 is 1.23 bits per heavy atom. The lowest BCUT2D eigenvalue weighted by atomic mass is 9.94. The lowest BCUT2D eigenvalue weighted by Crippen LogP contribution is -2.48. The number of carbonyl (C=O) groups is 2. The summed E-state index contributed by atoms with van der Waals surface area (Å²) in [7, 11) is 1.58.